The molecule has 7 heteroatoms. The van der Waals surface area contributed by atoms with Crippen LogP contribution >= 0.6 is 0 Å². The fourth-order valence-electron chi connectivity index (χ4n) is 2.57. The van der Waals surface area contributed by atoms with E-state index in [1.165, 1.54) is 0 Å². The van der Waals surface area contributed by atoms with Crippen molar-refractivity contribution in [2.24, 2.45) is 5.10 Å². The Balaban J connectivity index is 1.93. The van der Waals surface area contributed by atoms with Crippen LogP contribution in [-0.2, 0) is 9.53 Å². The molecule has 0 aromatic heterocycles. The molecule has 0 radical (unpaired) electrons. The maximum atomic E-state index is 12.3. The molecule has 0 unspecified atom stereocenters. The van der Waals surface area contributed by atoms with E-state index in [2.05, 4.69) is 15.8 Å². The highest BCUT2D eigenvalue weighted by Crippen LogP contribution is 2.17. The van der Waals surface area contributed by atoms with Crippen LogP contribution in [0.5, 0.6) is 5.75 Å². The molecule has 0 aliphatic heterocycles. The van der Waals surface area contributed by atoms with Gasteiger partial charge < -0.3 is 14.8 Å². The summed E-state index contributed by atoms with van der Waals surface area (Å²) in [6.07, 6.45) is 1.12. The first-order valence-electron chi connectivity index (χ1n) is 9.54. The number of rotatable bonds is 9. The van der Waals surface area contributed by atoms with Gasteiger partial charge in [-0.15, -0.1) is 0 Å². The number of alkyl carbamates (subject to hydrolysis) is 1. The summed E-state index contributed by atoms with van der Waals surface area (Å²) in [4.78, 5) is 24.1. The molecule has 0 spiro atoms. The standard InChI is InChI=1S/C22H27N3O4/c1-4-28-22(27)24-20(18-8-6-5-7-9-18)14-21(26)25-23-15-17-10-12-19(13-11-17)29-16(2)3/h5-13,15-16,20H,4,14H2,1-3H3,(H,24,27)(H,25,26)/b23-15-/t20-/m0/s1. The normalized spacial score (nSPS) is 11.9. The molecule has 0 saturated carbocycles. The van der Waals surface area contributed by atoms with Crippen molar-refractivity contribution in [3.63, 3.8) is 0 Å². The Bertz CT molecular complexity index is 805. The smallest absolute Gasteiger partial charge is 0.407 e. The Morgan fingerprint density at radius 3 is 2.38 bits per heavy atom. The molecule has 0 saturated heterocycles. The fourth-order valence-corrected chi connectivity index (χ4v) is 2.57. The van der Waals surface area contributed by atoms with Crippen LogP contribution in [0, 0.1) is 0 Å². The highest BCUT2D eigenvalue weighted by atomic mass is 16.5. The molecule has 2 amide bonds. The molecule has 0 aliphatic carbocycles. The summed E-state index contributed by atoms with van der Waals surface area (Å²) in [6.45, 7) is 5.90. The SMILES string of the molecule is CCOC(=O)N[C@@H](CC(=O)N/N=C\c1ccc(OC(C)C)cc1)c1ccccc1. The molecule has 29 heavy (non-hydrogen) atoms. The Morgan fingerprint density at radius 2 is 1.76 bits per heavy atom. The first-order valence-corrected chi connectivity index (χ1v) is 9.54. The quantitative estimate of drug-likeness (QED) is 0.497. The summed E-state index contributed by atoms with van der Waals surface area (Å²) >= 11 is 0. The van der Waals surface area contributed by atoms with Gasteiger partial charge in [-0.05, 0) is 56.2 Å². The number of amides is 2. The van der Waals surface area contributed by atoms with E-state index in [0.29, 0.717) is 0 Å². The van der Waals surface area contributed by atoms with Crippen LogP contribution in [0.25, 0.3) is 0 Å². The van der Waals surface area contributed by atoms with Gasteiger partial charge in [0.2, 0.25) is 5.91 Å². The van der Waals surface area contributed by atoms with Crippen LogP contribution in [0.4, 0.5) is 4.79 Å². The molecule has 1 atom stereocenters. The van der Waals surface area contributed by atoms with E-state index in [1.54, 1.807) is 13.1 Å². The molecule has 7 nitrogen and oxygen atoms in total. The summed E-state index contributed by atoms with van der Waals surface area (Å²) < 4.78 is 10.5. The lowest BCUT2D eigenvalue weighted by molar-refractivity contribution is -0.121. The third-order valence-electron chi connectivity index (χ3n) is 3.81. The van der Waals surface area contributed by atoms with Gasteiger partial charge in [0.1, 0.15) is 5.75 Å². The fraction of sp³-hybridized carbons (Fsp3) is 0.318. The number of benzene rings is 2. The molecule has 2 aromatic carbocycles. The van der Waals surface area contributed by atoms with Crippen LogP contribution in [0.3, 0.4) is 0 Å². The summed E-state index contributed by atoms with van der Waals surface area (Å²) in [5.74, 6) is 0.448. The third kappa shape index (κ3) is 8.04. The highest BCUT2D eigenvalue weighted by molar-refractivity contribution is 5.83. The molecule has 0 bridgehead atoms. The lowest BCUT2D eigenvalue weighted by Gasteiger charge is -2.18. The third-order valence-corrected chi connectivity index (χ3v) is 3.81. The molecule has 154 valence electrons. The second-order valence-electron chi connectivity index (χ2n) is 6.56. The number of hydrogen-bond acceptors (Lipinski definition) is 5. The summed E-state index contributed by atoms with van der Waals surface area (Å²) in [6, 6.07) is 16.1. The second kappa shape index (κ2) is 11.5. The van der Waals surface area contributed by atoms with Crippen molar-refractivity contribution in [3.8, 4) is 5.75 Å². The van der Waals surface area contributed by atoms with Gasteiger partial charge >= 0.3 is 6.09 Å². The van der Waals surface area contributed by atoms with Crippen LogP contribution in [-0.4, -0.2) is 30.9 Å². The van der Waals surface area contributed by atoms with Crippen molar-refractivity contribution in [3.05, 3.63) is 65.7 Å². The lowest BCUT2D eigenvalue weighted by Crippen LogP contribution is -2.33. The van der Waals surface area contributed by atoms with E-state index in [-0.39, 0.29) is 25.0 Å². The van der Waals surface area contributed by atoms with Gasteiger partial charge in [0.15, 0.2) is 0 Å². The Hall–Kier alpha value is -3.35. The number of carbonyl (C=O) groups excluding carboxylic acids is 2. The van der Waals surface area contributed by atoms with Crippen LogP contribution in [0.15, 0.2) is 59.7 Å². The summed E-state index contributed by atoms with van der Waals surface area (Å²) in [5, 5.41) is 6.69. The van der Waals surface area contributed by atoms with Crippen molar-refractivity contribution in [2.45, 2.75) is 39.3 Å². The molecule has 2 rings (SSSR count). The Kier molecular flexibility index (Phi) is 8.69. The van der Waals surface area contributed by atoms with Crippen molar-refractivity contribution in [1.82, 2.24) is 10.7 Å². The maximum Gasteiger partial charge on any atom is 0.407 e. The largest absolute Gasteiger partial charge is 0.491 e. The minimum atomic E-state index is -0.568. The van der Waals surface area contributed by atoms with Crippen LogP contribution < -0.4 is 15.5 Å². The molecule has 2 aromatic rings. The molecule has 0 aliphatic rings. The zero-order valence-electron chi connectivity index (χ0n) is 16.9. The van der Waals surface area contributed by atoms with Gasteiger partial charge in [0, 0.05) is 0 Å². The minimum absolute atomic E-state index is 0.0291. The van der Waals surface area contributed by atoms with Crippen molar-refractivity contribution in [1.29, 1.82) is 0 Å². The zero-order chi connectivity index (χ0) is 21.1. The Labute approximate surface area is 171 Å². The molecule has 0 heterocycles. The maximum absolute atomic E-state index is 12.3. The number of hydrazone groups is 1. The van der Waals surface area contributed by atoms with Crippen molar-refractivity contribution in [2.75, 3.05) is 6.61 Å². The average Bonchev–Trinajstić information content (AvgIpc) is 2.69. The van der Waals surface area contributed by atoms with Gasteiger partial charge in [0.25, 0.3) is 0 Å². The van der Waals surface area contributed by atoms with Crippen molar-refractivity contribution < 1.29 is 19.1 Å². The van der Waals surface area contributed by atoms with Crippen LogP contribution in [0.2, 0.25) is 0 Å². The summed E-state index contributed by atoms with van der Waals surface area (Å²) in [7, 11) is 0. The molecule has 0 fully saturated rings. The summed E-state index contributed by atoms with van der Waals surface area (Å²) in [5.41, 5.74) is 4.12. The minimum Gasteiger partial charge on any atom is -0.491 e. The second-order valence-corrected chi connectivity index (χ2v) is 6.56. The van der Waals surface area contributed by atoms with Crippen molar-refractivity contribution >= 4 is 18.2 Å². The van der Waals surface area contributed by atoms with Gasteiger partial charge in [-0.3, -0.25) is 4.79 Å². The number of nitrogens with one attached hydrogen (secondary N) is 2. The van der Waals surface area contributed by atoms with Crippen LogP contribution in [0.1, 0.15) is 44.4 Å². The Morgan fingerprint density at radius 1 is 1.07 bits per heavy atom. The number of ether oxygens (including phenoxy) is 2. The number of hydrogen-bond donors (Lipinski definition) is 2. The zero-order valence-corrected chi connectivity index (χ0v) is 16.9. The van der Waals surface area contributed by atoms with E-state index in [1.807, 2.05) is 68.4 Å². The molecule has 2 N–H and O–H groups in total. The van der Waals surface area contributed by atoms with Gasteiger partial charge in [-0.1, -0.05) is 30.3 Å². The first-order chi connectivity index (χ1) is 14.0. The number of carbonyl (C=O) groups is 2. The predicted molar refractivity (Wildman–Crippen MR) is 112 cm³/mol. The topological polar surface area (TPSA) is 89.0 Å². The highest BCUT2D eigenvalue weighted by Gasteiger charge is 2.18. The van der Waals surface area contributed by atoms with Gasteiger partial charge in [-0.25, -0.2) is 10.2 Å². The van der Waals surface area contributed by atoms with E-state index in [4.69, 9.17) is 9.47 Å². The lowest BCUT2D eigenvalue weighted by atomic mass is 10.0. The van der Waals surface area contributed by atoms with E-state index < -0.39 is 12.1 Å². The first kappa shape index (κ1) is 21.9. The number of nitrogens with zero attached hydrogens (tertiary/aromatic N) is 1. The molecular weight excluding hydrogens is 370 g/mol. The van der Waals surface area contributed by atoms with Gasteiger partial charge in [-0.2, -0.15) is 5.10 Å². The molecular formula is C22H27N3O4. The monoisotopic (exact) mass is 397 g/mol. The average molecular weight is 397 g/mol. The van der Waals surface area contributed by atoms with E-state index >= 15 is 0 Å². The van der Waals surface area contributed by atoms with E-state index in [9.17, 15) is 9.59 Å². The van der Waals surface area contributed by atoms with E-state index in [0.717, 1.165) is 16.9 Å². The predicted octanol–water partition coefficient (Wildman–Crippen LogP) is 3.80. The van der Waals surface area contributed by atoms with Gasteiger partial charge in [0.05, 0.1) is 31.4 Å².